The number of benzene rings is 3. The van der Waals surface area contributed by atoms with Gasteiger partial charge >= 0.3 is 6.18 Å². The maximum absolute atomic E-state index is 13.0. The molecule has 2 amide bonds. The monoisotopic (exact) mass is 496 g/mol. The topological polar surface area (TPSA) is 71.8 Å². The number of anilines is 1. The molecule has 5 rings (SSSR count). The molecule has 1 fully saturated rings. The van der Waals surface area contributed by atoms with Crippen molar-refractivity contribution in [3.8, 4) is 5.75 Å². The fourth-order valence-corrected chi connectivity index (χ4v) is 4.58. The van der Waals surface area contributed by atoms with Crippen LogP contribution in [0, 0.1) is 5.92 Å². The fraction of sp³-hybridized carbons (Fsp3) is 0.259. The van der Waals surface area contributed by atoms with E-state index in [1.165, 1.54) is 19.2 Å². The van der Waals surface area contributed by atoms with Gasteiger partial charge in [-0.15, -0.1) is 0 Å². The number of furan rings is 1. The molecule has 3 aromatic carbocycles. The van der Waals surface area contributed by atoms with Crippen LogP contribution in [0.2, 0.25) is 0 Å². The molecular formula is C27H23F3N2O4. The normalized spacial score (nSPS) is 14.8. The molecule has 4 aromatic rings. The summed E-state index contributed by atoms with van der Waals surface area (Å²) in [5.74, 6) is -0.347. The number of rotatable bonds is 4. The molecule has 1 saturated heterocycles. The second-order valence-electron chi connectivity index (χ2n) is 8.78. The highest BCUT2D eigenvalue weighted by molar-refractivity contribution is 6.08. The van der Waals surface area contributed by atoms with Crippen LogP contribution in [0.3, 0.4) is 0 Å². The number of halogens is 3. The fourth-order valence-electron chi connectivity index (χ4n) is 4.58. The van der Waals surface area contributed by atoms with Crippen molar-refractivity contribution in [2.24, 2.45) is 5.92 Å². The molecule has 186 valence electrons. The third-order valence-corrected chi connectivity index (χ3v) is 6.57. The lowest BCUT2D eigenvalue weighted by Gasteiger charge is -2.31. The number of alkyl halides is 3. The number of carbonyl (C=O) groups excluding carboxylic acids is 2. The molecular weight excluding hydrogens is 473 g/mol. The van der Waals surface area contributed by atoms with Crippen LogP contribution in [0.15, 0.2) is 65.1 Å². The Morgan fingerprint density at radius 2 is 1.67 bits per heavy atom. The lowest BCUT2D eigenvalue weighted by atomic mass is 9.95. The maximum Gasteiger partial charge on any atom is 0.416 e. The van der Waals surface area contributed by atoms with E-state index in [9.17, 15) is 22.8 Å². The van der Waals surface area contributed by atoms with Crippen LogP contribution in [0.5, 0.6) is 5.75 Å². The van der Waals surface area contributed by atoms with Crippen molar-refractivity contribution in [3.05, 3.63) is 71.8 Å². The Kier molecular flexibility index (Phi) is 6.07. The van der Waals surface area contributed by atoms with Crippen LogP contribution in [0.1, 0.15) is 28.8 Å². The number of piperidine rings is 1. The van der Waals surface area contributed by atoms with Crippen molar-refractivity contribution in [1.82, 2.24) is 4.90 Å². The maximum atomic E-state index is 13.0. The van der Waals surface area contributed by atoms with Gasteiger partial charge in [0.05, 0.1) is 18.4 Å². The molecule has 36 heavy (non-hydrogen) atoms. The molecule has 6 nitrogen and oxygen atoms in total. The minimum atomic E-state index is -4.45. The summed E-state index contributed by atoms with van der Waals surface area (Å²) in [4.78, 5) is 27.3. The van der Waals surface area contributed by atoms with Gasteiger partial charge in [0.2, 0.25) is 5.91 Å². The number of methoxy groups -OCH3 is 1. The van der Waals surface area contributed by atoms with E-state index in [-0.39, 0.29) is 23.3 Å². The van der Waals surface area contributed by atoms with Crippen molar-refractivity contribution in [2.45, 2.75) is 19.0 Å². The third-order valence-electron chi connectivity index (χ3n) is 6.57. The lowest BCUT2D eigenvalue weighted by molar-refractivity contribution is -0.137. The van der Waals surface area contributed by atoms with Crippen LogP contribution in [-0.4, -0.2) is 36.9 Å². The van der Waals surface area contributed by atoms with Gasteiger partial charge in [0.15, 0.2) is 0 Å². The number of hydrogen-bond acceptors (Lipinski definition) is 4. The first-order valence-electron chi connectivity index (χ1n) is 11.5. The second kappa shape index (κ2) is 9.22. The Hall–Kier alpha value is -4.01. The number of amides is 2. The van der Waals surface area contributed by atoms with Crippen LogP contribution in [0.4, 0.5) is 18.9 Å². The van der Waals surface area contributed by atoms with E-state index < -0.39 is 11.7 Å². The summed E-state index contributed by atoms with van der Waals surface area (Å²) in [6.45, 7) is 0.662. The number of para-hydroxylation sites is 1. The Balaban J connectivity index is 1.25. The molecule has 0 saturated carbocycles. The first-order valence-corrected chi connectivity index (χ1v) is 11.5. The largest absolute Gasteiger partial charge is 0.495 e. The molecule has 1 aromatic heterocycles. The summed E-state index contributed by atoms with van der Waals surface area (Å²) < 4.78 is 49.8. The van der Waals surface area contributed by atoms with E-state index in [0.29, 0.717) is 43.0 Å². The summed E-state index contributed by atoms with van der Waals surface area (Å²) in [5, 5.41) is 4.77. The standard InChI is InChI=1S/C27H23F3N2O4/c1-35-24-14-20-19-4-2-3-5-22(19)36-23(20)15-21(24)31-25(33)16-10-12-32(13-11-16)26(34)17-6-8-18(9-7-17)27(28,29)30/h2-9,14-16H,10-13H2,1H3,(H,31,33). The lowest BCUT2D eigenvalue weighted by Crippen LogP contribution is -2.41. The first kappa shape index (κ1) is 23.7. The highest BCUT2D eigenvalue weighted by Gasteiger charge is 2.31. The van der Waals surface area contributed by atoms with Gasteiger partial charge in [-0.3, -0.25) is 9.59 Å². The summed E-state index contributed by atoms with van der Waals surface area (Å²) in [6, 6.07) is 15.4. The zero-order valence-corrected chi connectivity index (χ0v) is 19.4. The third kappa shape index (κ3) is 4.48. The SMILES string of the molecule is COc1cc2c(cc1NC(=O)C1CCN(C(=O)c3ccc(C(F)(F)F)cc3)CC1)oc1ccccc12. The van der Waals surface area contributed by atoms with Crippen LogP contribution < -0.4 is 10.1 Å². The number of nitrogens with one attached hydrogen (secondary N) is 1. The van der Waals surface area contributed by atoms with Gasteiger partial charge in [0, 0.05) is 41.4 Å². The molecule has 2 heterocycles. The number of ether oxygens (including phenoxy) is 1. The zero-order chi connectivity index (χ0) is 25.4. The van der Waals surface area contributed by atoms with E-state index in [1.54, 1.807) is 11.0 Å². The molecule has 0 spiro atoms. The van der Waals surface area contributed by atoms with E-state index in [4.69, 9.17) is 9.15 Å². The van der Waals surface area contributed by atoms with Crippen molar-refractivity contribution >= 4 is 39.4 Å². The molecule has 9 heteroatoms. The van der Waals surface area contributed by atoms with Gasteiger partial charge in [-0.1, -0.05) is 18.2 Å². The Labute approximate surface area is 204 Å². The van der Waals surface area contributed by atoms with E-state index in [1.807, 2.05) is 30.3 Å². The first-order chi connectivity index (χ1) is 17.2. The molecule has 0 aliphatic carbocycles. The Bertz CT molecular complexity index is 1440. The highest BCUT2D eigenvalue weighted by atomic mass is 19.4. The summed E-state index contributed by atoms with van der Waals surface area (Å²) in [7, 11) is 1.53. The van der Waals surface area contributed by atoms with E-state index >= 15 is 0 Å². The molecule has 0 bridgehead atoms. The summed E-state index contributed by atoms with van der Waals surface area (Å²) in [5.41, 5.74) is 1.25. The minimum Gasteiger partial charge on any atom is -0.495 e. The highest BCUT2D eigenvalue weighted by Crippen LogP contribution is 2.37. The van der Waals surface area contributed by atoms with Gasteiger partial charge in [-0.05, 0) is 49.2 Å². The van der Waals surface area contributed by atoms with Crippen molar-refractivity contribution in [1.29, 1.82) is 0 Å². The molecule has 0 unspecified atom stereocenters. The molecule has 1 N–H and O–H groups in total. The number of carbonyl (C=O) groups is 2. The van der Waals surface area contributed by atoms with Gasteiger partial charge in [0.25, 0.3) is 5.91 Å². The summed E-state index contributed by atoms with van der Waals surface area (Å²) in [6.07, 6.45) is -3.58. The number of fused-ring (bicyclic) bond motifs is 3. The smallest absolute Gasteiger partial charge is 0.416 e. The van der Waals surface area contributed by atoms with E-state index in [0.717, 1.165) is 28.5 Å². The van der Waals surface area contributed by atoms with Crippen LogP contribution >= 0.6 is 0 Å². The zero-order valence-electron chi connectivity index (χ0n) is 19.4. The van der Waals surface area contributed by atoms with Crippen molar-refractivity contribution in [2.75, 3.05) is 25.5 Å². The molecule has 1 aliphatic rings. The minimum absolute atomic E-state index is 0.189. The van der Waals surface area contributed by atoms with Crippen molar-refractivity contribution < 1.29 is 31.9 Å². The van der Waals surface area contributed by atoms with Crippen LogP contribution in [-0.2, 0) is 11.0 Å². The quantitative estimate of drug-likeness (QED) is 0.370. The Morgan fingerprint density at radius 3 is 2.33 bits per heavy atom. The van der Waals surface area contributed by atoms with Gasteiger partial charge in [-0.25, -0.2) is 0 Å². The van der Waals surface area contributed by atoms with E-state index in [2.05, 4.69) is 5.32 Å². The second-order valence-corrected chi connectivity index (χ2v) is 8.78. The number of hydrogen-bond donors (Lipinski definition) is 1. The molecule has 0 radical (unpaired) electrons. The van der Waals surface area contributed by atoms with Gasteiger partial charge < -0.3 is 19.4 Å². The Morgan fingerprint density at radius 1 is 0.972 bits per heavy atom. The summed E-state index contributed by atoms with van der Waals surface area (Å²) >= 11 is 0. The van der Waals surface area contributed by atoms with Crippen LogP contribution in [0.25, 0.3) is 21.9 Å². The predicted molar refractivity (Wildman–Crippen MR) is 129 cm³/mol. The number of nitrogens with zero attached hydrogens (tertiary/aromatic N) is 1. The molecule has 0 atom stereocenters. The predicted octanol–water partition coefficient (Wildman–Crippen LogP) is 6.10. The van der Waals surface area contributed by atoms with Gasteiger partial charge in [0.1, 0.15) is 16.9 Å². The molecule has 1 aliphatic heterocycles. The van der Waals surface area contributed by atoms with Crippen molar-refractivity contribution in [3.63, 3.8) is 0 Å². The number of likely N-dealkylation sites (tertiary alicyclic amines) is 1. The average Bonchev–Trinajstić information content (AvgIpc) is 3.24. The average molecular weight is 496 g/mol. The van der Waals surface area contributed by atoms with Gasteiger partial charge in [-0.2, -0.15) is 13.2 Å².